The quantitative estimate of drug-likeness (QED) is 0.724. The maximum Gasteiger partial charge on any atom is 0.243 e. The lowest BCUT2D eigenvalue weighted by atomic mass is 10.0. The molecule has 1 aliphatic rings. The standard InChI is InChI=1S/C21H27N5O/c1-2-3-4-7-12-23-21(27)16(15-22)19-20(26-13-8-9-14-26)25-18-11-6-5-10-17(18)24-19/h5-6,10-11,16H,2-4,7-9,12-14H2,1H3,(H,23,27)/t16-/m0/s1. The zero-order chi connectivity index (χ0) is 19.1. The third-order valence-corrected chi connectivity index (χ3v) is 4.98. The summed E-state index contributed by atoms with van der Waals surface area (Å²) in [7, 11) is 0. The highest BCUT2D eigenvalue weighted by molar-refractivity contribution is 5.88. The normalized spacial score (nSPS) is 14.9. The fourth-order valence-electron chi connectivity index (χ4n) is 3.47. The lowest BCUT2D eigenvalue weighted by molar-refractivity contribution is -0.121. The topological polar surface area (TPSA) is 81.9 Å². The van der Waals surface area contributed by atoms with Crippen molar-refractivity contribution in [2.45, 2.75) is 51.4 Å². The van der Waals surface area contributed by atoms with E-state index in [4.69, 9.17) is 4.98 Å². The lowest BCUT2D eigenvalue weighted by Gasteiger charge is -2.21. The van der Waals surface area contributed by atoms with Crippen molar-refractivity contribution in [1.29, 1.82) is 5.26 Å². The number of unbranched alkanes of at least 4 members (excludes halogenated alkanes) is 3. The van der Waals surface area contributed by atoms with Crippen LogP contribution in [0.1, 0.15) is 57.1 Å². The minimum absolute atomic E-state index is 0.279. The molecule has 1 aromatic heterocycles. The summed E-state index contributed by atoms with van der Waals surface area (Å²) in [6.07, 6.45) is 6.51. The van der Waals surface area contributed by atoms with Gasteiger partial charge in [0.05, 0.1) is 17.1 Å². The van der Waals surface area contributed by atoms with E-state index < -0.39 is 5.92 Å². The Kier molecular flexibility index (Phi) is 6.59. The minimum Gasteiger partial charge on any atom is -0.355 e. The maximum atomic E-state index is 12.7. The summed E-state index contributed by atoms with van der Waals surface area (Å²) in [5.41, 5.74) is 1.98. The predicted molar refractivity (Wildman–Crippen MR) is 106 cm³/mol. The van der Waals surface area contributed by atoms with Crippen LogP contribution < -0.4 is 10.2 Å². The third-order valence-electron chi connectivity index (χ3n) is 4.98. The third kappa shape index (κ3) is 4.54. The van der Waals surface area contributed by atoms with Crippen LogP contribution in [0.2, 0.25) is 0 Å². The van der Waals surface area contributed by atoms with Gasteiger partial charge in [0.2, 0.25) is 5.91 Å². The molecule has 6 heteroatoms. The molecule has 1 N–H and O–H groups in total. The van der Waals surface area contributed by atoms with E-state index in [-0.39, 0.29) is 5.91 Å². The van der Waals surface area contributed by atoms with E-state index in [1.807, 2.05) is 24.3 Å². The fraction of sp³-hybridized carbons (Fsp3) is 0.524. The summed E-state index contributed by atoms with van der Waals surface area (Å²) in [5.74, 6) is -0.540. The van der Waals surface area contributed by atoms with Crippen molar-refractivity contribution >= 4 is 22.8 Å². The van der Waals surface area contributed by atoms with Crippen LogP contribution in [0.25, 0.3) is 11.0 Å². The minimum atomic E-state index is -0.941. The van der Waals surface area contributed by atoms with Gasteiger partial charge in [0.1, 0.15) is 5.69 Å². The molecule has 2 aromatic rings. The maximum absolute atomic E-state index is 12.7. The van der Waals surface area contributed by atoms with Crippen molar-refractivity contribution in [2.75, 3.05) is 24.5 Å². The van der Waals surface area contributed by atoms with E-state index in [0.29, 0.717) is 23.6 Å². The zero-order valence-corrected chi connectivity index (χ0v) is 15.9. The molecule has 1 aliphatic heterocycles. The zero-order valence-electron chi connectivity index (χ0n) is 15.9. The van der Waals surface area contributed by atoms with E-state index in [0.717, 1.165) is 57.1 Å². The molecule has 6 nitrogen and oxygen atoms in total. The first-order valence-corrected chi connectivity index (χ1v) is 9.93. The number of carbonyl (C=O) groups excluding carboxylic acids is 1. The van der Waals surface area contributed by atoms with Gasteiger partial charge in [-0.05, 0) is 31.4 Å². The van der Waals surface area contributed by atoms with Crippen molar-refractivity contribution < 1.29 is 4.79 Å². The number of anilines is 1. The van der Waals surface area contributed by atoms with Crippen molar-refractivity contribution in [3.63, 3.8) is 0 Å². The number of para-hydroxylation sites is 2. The molecular formula is C21H27N5O. The van der Waals surface area contributed by atoms with Crippen LogP contribution in [0, 0.1) is 11.3 Å². The average Bonchev–Trinajstić information content (AvgIpc) is 3.22. The Morgan fingerprint density at radius 1 is 1.19 bits per heavy atom. The Bertz CT molecular complexity index is 823. The molecule has 0 unspecified atom stereocenters. The van der Waals surface area contributed by atoms with Crippen LogP contribution in [-0.2, 0) is 4.79 Å². The van der Waals surface area contributed by atoms with Crippen LogP contribution in [0.3, 0.4) is 0 Å². The molecule has 0 radical (unpaired) electrons. The molecule has 0 aliphatic carbocycles. The second kappa shape index (κ2) is 9.31. The van der Waals surface area contributed by atoms with Crippen LogP contribution in [0.4, 0.5) is 5.82 Å². The number of nitrogens with one attached hydrogen (secondary N) is 1. The molecule has 1 amide bonds. The van der Waals surface area contributed by atoms with Crippen molar-refractivity contribution in [3.05, 3.63) is 30.0 Å². The summed E-state index contributed by atoms with van der Waals surface area (Å²) in [4.78, 5) is 24.3. The number of nitrogens with zero attached hydrogens (tertiary/aromatic N) is 4. The number of aromatic nitrogens is 2. The highest BCUT2D eigenvalue weighted by atomic mass is 16.1. The van der Waals surface area contributed by atoms with Crippen LogP contribution in [0.15, 0.2) is 24.3 Å². The van der Waals surface area contributed by atoms with E-state index in [1.165, 1.54) is 0 Å². The average molecular weight is 365 g/mol. The first-order valence-electron chi connectivity index (χ1n) is 9.93. The molecule has 27 heavy (non-hydrogen) atoms. The van der Waals surface area contributed by atoms with E-state index in [9.17, 15) is 10.1 Å². The highest BCUT2D eigenvalue weighted by Crippen LogP contribution is 2.29. The summed E-state index contributed by atoms with van der Waals surface area (Å²) < 4.78 is 0. The number of hydrogen-bond donors (Lipinski definition) is 1. The first-order chi connectivity index (χ1) is 13.2. The second-order valence-electron chi connectivity index (χ2n) is 7.03. The van der Waals surface area contributed by atoms with E-state index in [1.54, 1.807) is 0 Å². The van der Waals surface area contributed by atoms with Gasteiger partial charge < -0.3 is 10.2 Å². The number of hydrogen-bond acceptors (Lipinski definition) is 5. The monoisotopic (exact) mass is 365 g/mol. The Labute approximate surface area is 160 Å². The summed E-state index contributed by atoms with van der Waals surface area (Å²) >= 11 is 0. The summed E-state index contributed by atoms with van der Waals surface area (Å²) in [6, 6.07) is 9.77. The van der Waals surface area contributed by atoms with Gasteiger partial charge in [0.15, 0.2) is 11.7 Å². The molecule has 0 spiro atoms. The van der Waals surface area contributed by atoms with Gasteiger partial charge in [-0.25, -0.2) is 9.97 Å². The molecule has 142 valence electrons. The number of amides is 1. The molecule has 2 heterocycles. The van der Waals surface area contributed by atoms with Gasteiger partial charge in [-0.3, -0.25) is 4.79 Å². The molecule has 1 atom stereocenters. The summed E-state index contributed by atoms with van der Waals surface area (Å²) in [5, 5.41) is 12.6. The Hall–Kier alpha value is -2.68. The second-order valence-corrected chi connectivity index (χ2v) is 7.03. The molecule has 3 rings (SSSR count). The SMILES string of the molecule is CCCCCCNC(=O)[C@@H](C#N)c1nc2ccccc2nc1N1CCCC1. The van der Waals surface area contributed by atoms with Crippen molar-refractivity contribution in [1.82, 2.24) is 15.3 Å². The van der Waals surface area contributed by atoms with Gasteiger partial charge in [-0.15, -0.1) is 0 Å². The smallest absolute Gasteiger partial charge is 0.243 e. The fourth-order valence-corrected chi connectivity index (χ4v) is 3.47. The highest BCUT2D eigenvalue weighted by Gasteiger charge is 2.29. The number of nitriles is 1. The predicted octanol–water partition coefficient (Wildman–Crippen LogP) is 3.53. The summed E-state index contributed by atoms with van der Waals surface area (Å²) in [6.45, 7) is 4.52. The number of rotatable bonds is 8. The molecule has 0 bridgehead atoms. The molecule has 0 saturated carbocycles. The molecular weight excluding hydrogens is 338 g/mol. The van der Waals surface area contributed by atoms with Gasteiger partial charge in [-0.1, -0.05) is 38.3 Å². The molecule has 1 aromatic carbocycles. The van der Waals surface area contributed by atoms with Gasteiger partial charge in [0.25, 0.3) is 0 Å². The van der Waals surface area contributed by atoms with E-state index >= 15 is 0 Å². The van der Waals surface area contributed by atoms with Crippen molar-refractivity contribution in [2.24, 2.45) is 0 Å². The van der Waals surface area contributed by atoms with Gasteiger partial charge in [0, 0.05) is 19.6 Å². The Morgan fingerprint density at radius 3 is 2.56 bits per heavy atom. The van der Waals surface area contributed by atoms with Gasteiger partial charge >= 0.3 is 0 Å². The van der Waals surface area contributed by atoms with Crippen LogP contribution in [0.5, 0.6) is 0 Å². The van der Waals surface area contributed by atoms with Crippen LogP contribution in [-0.4, -0.2) is 35.5 Å². The molecule has 1 saturated heterocycles. The number of carbonyl (C=O) groups is 1. The Morgan fingerprint density at radius 2 is 1.89 bits per heavy atom. The number of benzene rings is 1. The van der Waals surface area contributed by atoms with Crippen molar-refractivity contribution in [3.8, 4) is 6.07 Å². The lowest BCUT2D eigenvalue weighted by Crippen LogP contribution is -2.32. The van der Waals surface area contributed by atoms with E-state index in [2.05, 4.69) is 28.2 Å². The number of fused-ring (bicyclic) bond motifs is 1. The largest absolute Gasteiger partial charge is 0.355 e. The molecule has 1 fully saturated rings. The first kappa shape index (κ1) is 19.1. The Balaban J connectivity index is 1.86. The van der Waals surface area contributed by atoms with Crippen LogP contribution >= 0.6 is 0 Å². The van der Waals surface area contributed by atoms with Gasteiger partial charge in [-0.2, -0.15) is 5.26 Å².